The van der Waals surface area contributed by atoms with Crippen LogP contribution in [-0.2, 0) is 25.6 Å². The minimum absolute atomic E-state index is 0.127. The zero-order chi connectivity index (χ0) is 18.6. The van der Waals surface area contributed by atoms with Crippen molar-refractivity contribution in [2.24, 2.45) is 0 Å². The monoisotopic (exact) mass is 366 g/mol. The maximum atomic E-state index is 11.6. The van der Waals surface area contributed by atoms with E-state index in [1.807, 2.05) is 79.7 Å². The molecular formula is C22H22O5. The van der Waals surface area contributed by atoms with Crippen LogP contribution in [0, 0.1) is 0 Å². The van der Waals surface area contributed by atoms with Gasteiger partial charge in [-0.05, 0) is 24.1 Å². The number of carbonyl (C=O) groups excluding carboxylic acids is 1. The summed E-state index contributed by atoms with van der Waals surface area (Å²) in [6.07, 6.45) is 1.18. The number of hydrogen-bond donors (Lipinski definition) is 0. The molecule has 0 bridgehead atoms. The zero-order valence-corrected chi connectivity index (χ0v) is 15.1. The van der Waals surface area contributed by atoms with E-state index in [4.69, 9.17) is 18.9 Å². The average molecular weight is 366 g/mol. The van der Waals surface area contributed by atoms with Gasteiger partial charge in [-0.2, -0.15) is 0 Å². The van der Waals surface area contributed by atoms with Gasteiger partial charge in [0, 0.05) is 0 Å². The number of carbonyl (C=O) groups is 1. The van der Waals surface area contributed by atoms with Gasteiger partial charge >= 0.3 is 6.16 Å². The largest absolute Gasteiger partial charge is 0.509 e. The molecule has 2 aromatic rings. The second-order valence-corrected chi connectivity index (χ2v) is 6.71. The fraction of sp³-hybridized carbons (Fsp3) is 0.318. The summed E-state index contributed by atoms with van der Waals surface area (Å²) in [6.45, 7) is 2.40. The molecule has 5 nitrogen and oxygen atoms in total. The Hall–Kier alpha value is -2.63. The van der Waals surface area contributed by atoms with Crippen LogP contribution < -0.4 is 0 Å². The topological polar surface area (TPSA) is 54.0 Å². The van der Waals surface area contributed by atoms with E-state index in [2.05, 4.69) is 0 Å². The van der Waals surface area contributed by atoms with Crippen LogP contribution >= 0.6 is 0 Å². The highest BCUT2D eigenvalue weighted by atomic mass is 16.8. The van der Waals surface area contributed by atoms with Gasteiger partial charge in [0.2, 0.25) is 0 Å². The first-order chi connectivity index (χ1) is 13.2. The van der Waals surface area contributed by atoms with Gasteiger partial charge in [0.15, 0.2) is 12.2 Å². The van der Waals surface area contributed by atoms with Gasteiger partial charge in [-0.1, -0.05) is 66.7 Å². The molecule has 5 atom stereocenters. The van der Waals surface area contributed by atoms with E-state index in [9.17, 15) is 4.79 Å². The van der Waals surface area contributed by atoms with Crippen LogP contribution in [0.2, 0.25) is 0 Å². The van der Waals surface area contributed by atoms with Crippen molar-refractivity contribution in [3.63, 3.8) is 0 Å². The highest BCUT2D eigenvalue weighted by Crippen LogP contribution is 2.32. The molecule has 0 saturated carbocycles. The van der Waals surface area contributed by atoms with Crippen LogP contribution in [0.15, 0.2) is 72.8 Å². The zero-order valence-electron chi connectivity index (χ0n) is 15.1. The van der Waals surface area contributed by atoms with Crippen LogP contribution in [0.1, 0.15) is 24.2 Å². The minimum atomic E-state index is -0.667. The van der Waals surface area contributed by atoms with Crippen molar-refractivity contribution in [2.45, 2.75) is 44.1 Å². The number of ether oxygens (including phenoxy) is 4. The van der Waals surface area contributed by atoms with E-state index in [0.29, 0.717) is 6.61 Å². The quantitative estimate of drug-likeness (QED) is 0.567. The fourth-order valence-corrected chi connectivity index (χ4v) is 3.42. The van der Waals surface area contributed by atoms with Crippen molar-refractivity contribution in [3.05, 3.63) is 83.9 Å². The Morgan fingerprint density at radius 2 is 1.67 bits per heavy atom. The Labute approximate surface area is 158 Å². The van der Waals surface area contributed by atoms with Gasteiger partial charge in [-0.15, -0.1) is 0 Å². The van der Waals surface area contributed by atoms with E-state index < -0.39 is 24.5 Å². The van der Waals surface area contributed by atoms with Crippen LogP contribution in [0.3, 0.4) is 0 Å². The summed E-state index contributed by atoms with van der Waals surface area (Å²) >= 11 is 0. The van der Waals surface area contributed by atoms with E-state index in [1.165, 1.54) is 0 Å². The lowest BCUT2D eigenvalue weighted by atomic mass is 9.95. The summed E-state index contributed by atoms with van der Waals surface area (Å²) in [5.74, 6) is 0. The molecule has 0 spiro atoms. The third-order valence-corrected chi connectivity index (χ3v) is 4.84. The fourth-order valence-electron chi connectivity index (χ4n) is 3.42. The Balaban J connectivity index is 1.50. The molecule has 1 aliphatic heterocycles. The third kappa shape index (κ3) is 4.04. The average Bonchev–Trinajstić information content (AvgIpc) is 3.09. The molecule has 5 heteroatoms. The SMILES string of the molecule is C[C@@H](O[C@H]1C=C[C@H]2OC(=O)O[C@H]2[C@@H]1OCc1ccccc1)c1ccccc1. The Bertz CT molecular complexity index is 789. The summed E-state index contributed by atoms with van der Waals surface area (Å²) < 4.78 is 23.0. The van der Waals surface area contributed by atoms with Crippen molar-refractivity contribution in [1.82, 2.24) is 0 Å². The Kier molecular flexibility index (Phi) is 5.23. The molecule has 0 unspecified atom stereocenters. The normalized spacial score (nSPS) is 27.5. The summed E-state index contributed by atoms with van der Waals surface area (Å²) in [6, 6.07) is 19.9. The van der Waals surface area contributed by atoms with Gasteiger partial charge in [0.25, 0.3) is 0 Å². The highest BCUT2D eigenvalue weighted by molar-refractivity contribution is 5.63. The van der Waals surface area contributed by atoms with Crippen LogP contribution in [-0.4, -0.2) is 30.6 Å². The van der Waals surface area contributed by atoms with Crippen LogP contribution in [0.25, 0.3) is 0 Å². The first-order valence-electron chi connectivity index (χ1n) is 9.12. The Morgan fingerprint density at radius 1 is 0.963 bits per heavy atom. The van der Waals surface area contributed by atoms with Gasteiger partial charge in [0.05, 0.1) is 12.7 Å². The van der Waals surface area contributed by atoms with Gasteiger partial charge in [0.1, 0.15) is 12.2 Å². The molecule has 0 aromatic heterocycles. The molecule has 2 aliphatic rings. The predicted octanol–water partition coefficient (Wildman–Crippen LogP) is 4.19. The maximum absolute atomic E-state index is 11.6. The van der Waals surface area contributed by atoms with E-state index >= 15 is 0 Å². The number of benzene rings is 2. The third-order valence-electron chi connectivity index (χ3n) is 4.84. The second-order valence-electron chi connectivity index (χ2n) is 6.71. The molecule has 27 heavy (non-hydrogen) atoms. The van der Waals surface area contributed by atoms with Crippen molar-refractivity contribution >= 4 is 6.16 Å². The number of rotatable bonds is 6. The maximum Gasteiger partial charge on any atom is 0.509 e. The molecule has 1 saturated heterocycles. The number of fused-ring (bicyclic) bond motifs is 1. The van der Waals surface area contributed by atoms with Crippen molar-refractivity contribution in [1.29, 1.82) is 0 Å². The van der Waals surface area contributed by atoms with Crippen molar-refractivity contribution < 1.29 is 23.7 Å². The summed E-state index contributed by atoms with van der Waals surface area (Å²) in [4.78, 5) is 11.6. The molecule has 1 aliphatic carbocycles. The van der Waals surface area contributed by atoms with Crippen LogP contribution in [0.4, 0.5) is 4.79 Å². The molecule has 0 radical (unpaired) electrons. The lowest BCUT2D eigenvalue weighted by Crippen LogP contribution is -2.47. The standard InChI is InChI=1S/C22H22O5/c1-15(17-10-6-3-7-11-17)25-18-12-13-19-21(27-22(23)26-19)20(18)24-14-16-8-4-2-5-9-16/h2-13,15,18-21H,14H2,1H3/t15-,18+,19-,20-,21-/m1/s1. The molecule has 140 valence electrons. The first-order valence-corrected chi connectivity index (χ1v) is 9.12. The summed E-state index contributed by atoms with van der Waals surface area (Å²) in [7, 11) is 0. The van der Waals surface area contributed by atoms with Crippen LogP contribution in [0.5, 0.6) is 0 Å². The Morgan fingerprint density at radius 3 is 2.41 bits per heavy atom. The van der Waals surface area contributed by atoms with Crippen molar-refractivity contribution in [3.8, 4) is 0 Å². The van der Waals surface area contributed by atoms with Gasteiger partial charge in [-0.25, -0.2) is 4.79 Å². The van der Waals surface area contributed by atoms with E-state index in [-0.39, 0.29) is 12.2 Å². The van der Waals surface area contributed by atoms with Crippen molar-refractivity contribution in [2.75, 3.05) is 0 Å². The first kappa shape index (κ1) is 17.8. The second kappa shape index (κ2) is 7.94. The van der Waals surface area contributed by atoms with E-state index in [1.54, 1.807) is 0 Å². The lowest BCUT2D eigenvalue weighted by molar-refractivity contribution is -0.130. The molecule has 0 N–H and O–H groups in total. The van der Waals surface area contributed by atoms with Gasteiger partial charge in [-0.3, -0.25) is 0 Å². The molecule has 1 heterocycles. The molecule has 0 amide bonds. The molecule has 4 rings (SSSR count). The smallest absolute Gasteiger partial charge is 0.424 e. The summed E-state index contributed by atoms with van der Waals surface area (Å²) in [5, 5.41) is 0. The number of hydrogen-bond acceptors (Lipinski definition) is 5. The molecule has 1 fully saturated rings. The minimum Gasteiger partial charge on any atom is -0.424 e. The summed E-state index contributed by atoms with van der Waals surface area (Å²) in [5.41, 5.74) is 2.12. The molecular weight excluding hydrogens is 344 g/mol. The highest BCUT2D eigenvalue weighted by Gasteiger charge is 2.47. The lowest BCUT2D eigenvalue weighted by Gasteiger charge is -2.34. The predicted molar refractivity (Wildman–Crippen MR) is 99.0 cm³/mol. The van der Waals surface area contributed by atoms with E-state index in [0.717, 1.165) is 11.1 Å². The van der Waals surface area contributed by atoms with Gasteiger partial charge < -0.3 is 18.9 Å². The molecule has 2 aromatic carbocycles.